The number of hydrogen-bond donors (Lipinski definition) is 1. The molecule has 1 amide bonds. The summed E-state index contributed by atoms with van der Waals surface area (Å²) in [6, 6.07) is 0. The molecule has 19 heavy (non-hydrogen) atoms. The number of amides is 1. The lowest BCUT2D eigenvalue weighted by Crippen LogP contribution is -2.27. The summed E-state index contributed by atoms with van der Waals surface area (Å²) < 4.78 is 14.6. The first-order valence-electron chi connectivity index (χ1n) is 5.40. The Morgan fingerprint density at radius 3 is 2.37 bits per heavy atom. The van der Waals surface area contributed by atoms with Crippen LogP contribution in [0.25, 0.3) is 0 Å². The molecule has 0 saturated heterocycles. The molecule has 8 heteroatoms. The average molecular weight is 288 g/mol. The number of hydrogen-bond acceptors (Lipinski definition) is 7. The summed E-state index contributed by atoms with van der Waals surface area (Å²) in [4.78, 5) is 26.9. The van der Waals surface area contributed by atoms with E-state index < -0.39 is 17.7 Å². The molecule has 1 heterocycles. The molecule has 1 aromatic rings. The molecule has 0 atom stereocenters. The zero-order valence-electron chi connectivity index (χ0n) is 11.4. The predicted molar refractivity (Wildman–Crippen MR) is 69.9 cm³/mol. The van der Waals surface area contributed by atoms with E-state index in [0.29, 0.717) is 0 Å². The van der Waals surface area contributed by atoms with Crippen LogP contribution in [0.1, 0.15) is 31.3 Å². The Balaban J connectivity index is 2.83. The molecular formula is C11H16N2O5S. The van der Waals surface area contributed by atoms with E-state index in [0.717, 1.165) is 11.3 Å². The third-order valence-electron chi connectivity index (χ3n) is 1.77. The van der Waals surface area contributed by atoms with E-state index in [-0.39, 0.29) is 15.9 Å². The molecule has 106 valence electrons. The van der Waals surface area contributed by atoms with E-state index in [1.165, 1.54) is 14.2 Å². The fourth-order valence-corrected chi connectivity index (χ4v) is 1.87. The summed E-state index contributed by atoms with van der Waals surface area (Å²) in [5.74, 6) is -0.634. The van der Waals surface area contributed by atoms with Crippen molar-refractivity contribution >= 4 is 28.5 Å². The van der Waals surface area contributed by atoms with Gasteiger partial charge in [-0.25, -0.2) is 14.6 Å². The number of ether oxygens (including phenoxy) is 3. The quantitative estimate of drug-likeness (QED) is 0.859. The van der Waals surface area contributed by atoms with Gasteiger partial charge in [-0.2, -0.15) is 0 Å². The Kier molecular flexibility index (Phi) is 4.71. The van der Waals surface area contributed by atoms with Crippen LogP contribution in [0, 0.1) is 0 Å². The summed E-state index contributed by atoms with van der Waals surface area (Å²) in [5.41, 5.74) is -0.600. The maximum atomic E-state index is 11.6. The second-order valence-corrected chi connectivity index (χ2v) is 5.44. The van der Waals surface area contributed by atoms with Gasteiger partial charge < -0.3 is 14.2 Å². The summed E-state index contributed by atoms with van der Waals surface area (Å²) in [7, 11) is 2.64. The Labute approximate surface area is 114 Å². The zero-order valence-corrected chi connectivity index (χ0v) is 12.2. The minimum atomic E-state index is -0.652. The Morgan fingerprint density at radius 2 is 1.89 bits per heavy atom. The van der Waals surface area contributed by atoms with Crippen LogP contribution in [0.2, 0.25) is 0 Å². The van der Waals surface area contributed by atoms with Crippen LogP contribution in [0.5, 0.6) is 5.06 Å². The van der Waals surface area contributed by atoms with E-state index in [1.807, 2.05) is 0 Å². The van der Waals surface area contributed by atoms with E-state index >= 15 is 0 Å². The predicted octanol–water partition coefficient (Wildman–Crippen LogP) is 2.29. The van der Waals surface area contributed by atoms with E-state index in [2.05, 4.69) is 15.0 Å². The minimum Gasteiger partial charge on any atom is -0.485 e. The van der Waals surface area contributed by atoms with E-state index in [9.17, 15) is 9.59 Å². The number of nitrogens with one attached hydrogen (secondary N) is 1. The Bertz CT molecular complexity index is 478. The third kappa shape index (κ3) is 4.40. The smallest absolute Gasteiger partial charge is 0.413 e. The second-order valence-electron chi connectivity index (χ2n) is 4.48. The van der Waals surface area contributed by atoms with Crippen LogP contribution in [0.15, 0.2) is 0 Å². The van der Waals surface area contributed by atoms with Gasteiger partial charge in [0.15, 0.2) is 5.13 Å². The van der Waals surface area contributed by atoms with Gasteiger partial charge in [0.05, 0.1) is 14.2 Å². The zero-order chi connectivity index (χ0) is 14.6. The first-order valence-corrected chi connectivity index (χ1v) is 6.21. The SMILES string of the molecule is COC(=O)c1nc(NC(=O)OC(C)(C)C)sc1OC. The van der Waals surface area contributed by atoms with Gasteiger partial charge in [0.25, 0.3) is 0 Å². The number of carbonyl (C=O) groups is 2. The lowest BCUT2D eigenvalue weighted by atomic mass is 10.2. The average Bonchev–Trinajstić information content (AvgIpc) is 2.68. The molecular weight excluding hydrogens is 272 g/mol. The summed E-state index contributed by atoms with van der Waals surface area (Å²) in [6.07, 6.45) is -0.652. The minimum absolute atomic E-state index is 0.0149. The second kappa shape index (κ2) is 5.87. The van der Waals surface area contributed by atoms with Crippen molar-refractivity contribution in [2.24, 2.45) is 0 Å². The number of methoxy groups -OCH3 is 2. The van der Waals surface area contributed by atoms with Crippen LogP contribution in [0.3, 0.4) is 0 Å². The number of aromatic nitrogens is 1. The van der Waals surface area contributed by atoms with Gasteiger partial charge in [-0.1, -0.05) is 11.3 Å². The van der Waals surface area contributed by atoms with Crippen LogP contribution >= 0.6 is 11.3 Å². The highest BCUT2D eigenvalue weighted by atomic mass is 32.1. The van der Waals surface area contributed by atoms with Crippen molar-refractivity contribution in [2.75, 3.05) is 19.5 Å². The number of nitrogens with zero attached hydrogens (tertiary/aromatic N) is 1. The number of esters is 1. The lowest BCUT2D eigenvalue weighted by molar-refractivity contribution is 0.0587. The molecule has 0 radical (unpaired) electrons. The van der Waals surface area contributed by atoms with Crippen molar-refractivity contribution in [1.82, 2.24) is 4.98 Å². The van der Waals surface area contributed by atoms with E-state index in [4.69, 9.17) is 9.47 Å². The number of anilines is 1. The van der Waals surface area contributed by atoms with Gasteiger partial charge in [-0.05, 0) is 20.8 Å². The molecule has 0 bridgehead atoms. The fourth-order valence-electron chi connectivity index (χ4n) is 1.11. The third-order valence-corrected chi connectivity index (χ3v) is 2.70. The van der Waals surface area contributed by atoms with Crippen LogP contribution in [-0.4, -0.2) is 36.9 Å². The molecule has 1 rings (SSSR count). The number of carbonyl (C=O) groups excluding carboxylic acids is 2. The van der Waals surface area contributed by atoms with Crippen LogP contribution in [0.4, 0.5) is 9.93 Å². The molecule has 1 aromatic heterocycles. The lowest BCUT2D eigenvalue weighted by Gasteiger charge is -2.18. The van der Waals surface area contributed by atoms with Gasteiger partial charge in [0, 0.05) is 0 Å². The van der Waals surface area contributed by atoms with Crippen molar-refractivity contribution in [3.05, 3.63) is 5.69 Å². The maximum absolute atomic E-state index is 11.6. The Hall–Kier alpha value is -1.83. The van der Waals surface area contributed by atoms with E-state index in [1.54, 1.807) is 20.8 Å². The molecule has 0 aliphatic heterocycles. The first-order chi connectivity index (χ1) is 8.76. The molecule has 0 aliphatic rings. The van der Waals surface area contributed by atoms with Gasteiger partial charge in [-0.15, -0.1) is 0 Å². The molecule has 1 N–H and O–H groups in total. The van der Waals surface area contributed by atoms with Crippen molar-refractivity contribution in [2.45, 2.75) is 26.4 Å². The van der Waals surface area contributed by atoms with Gasteiger partial charge in [-0.3, -0.25) is 5.32 Å². The fraction of sp³-hybridized carbons (Fsp3) is 0.545. The van der Waals surface area contributed by atoms with Crippen LogP contribution in [-0.2, 0) is 9.47 Å². The van der Waals surface area contributed by atoms with Crippen molar-refractivity contribution in [1.29, 1.82) is 0 Å². The highest BCUT2D eigenvalue weighted by molar-refractivity contribution is 7.17. The molecule has 0 saturated carbocycles. The molecule has 0 aliphatic carbocycles. The van der Waals surface area contributed by atoms with Crippen LogP contribution < -0.4 is 10.1 Å². The topological polar surface area (TPSA) is 86.8 Å². The van der Waals surface area contributed by atoms with Crippen molar-refractivity contribution in [3.8, 4) is 5.06 Å². The molecule has 0 spiro atoms. The van der Waals surface area contributed by atoms with Gasteiger partial charge in [0.1, 0.15) is 5.60 Å². The molecule has 0 fully saturated rings. The summed E-state index contributed by atoms with van der Waals surface area (Å²) in [6.45, 7) is 5.23. The number of thiazole rings is 1. The first kappa shape index (κ1) is 15.2. The van der Waals surface area contributed by atoms with Crippen molar-refractivity contribution in [3.63, 3.8) is 0 Å². The number of rotatable bonds is 3. The van der Waals surface area contributed by atoms with Gasteiger partial charge >= 0.3 is 12.1 Å². The molecule has 0 unspecified atom stereocenters. The standard InChI is InChI=1S/C11H16N2O5S/c1-11(2,3)18-10(15)13-9-12-6(7(14)16-4)8(17-5)19-9/h1-5H3,(H,12,13,15). The maximum Gasteiger partial charge on any atom is 0.413 e. The van der Waals surface area contributed by atoms with Gasteiger partial charge in [0.2, 0.25) is 10.8 Å². The Morgan fingerprint density at radius 1 is 1.26 bits per heavy atom. The monoisotopic (exact) mass is 288 g/mol. The largest absolute Gasteiger partial charge is 0.485 e. The highest BCUT2D eigenvalue weighted by Crippen LogP contribution is 2.31. The summed E-state index contributed by atoms with van der Waals surface area (Å²) in [5, 5.41) is 2.89. The van der Waals surface area contributed by atoms with Crippen molar-refractivity contribution < 1.29 is 23.8 Å². The highest BCUT2D eigenvalue weighted by Gasteiger charge is 2.22. The normalized spacial score (nSPS) is 10.8. The molecule has 0 aromatic carbocycles. The summed E-state index contributed by atoms with van der Waals surface area (Å²) >= 11 is 1.01. The molecule has 7 nitrogen and oxygen atoms in total.